The maximum Gasteiger partial charge on any atom is 0.294 e. The van der Waals surface area contributed by atoms with Gasteiger partial charge in [0.25, 0.3) is 20.9 Å². The number of rotatable bonds is 12. The lowest BCUT2D eigenvalue weighted by molar-refractivity contribution is 0.477. The SMILES string of the molecule is CC=CCB1N(CC=CC)B(CC=CC)N(CC=CC)B(CC=CC)N1CC=CC. The second-order valence-electron chi connectivity index (χ2n) is 7.65. The highest BCUT2D eigenvalue weighted by molar-refractivity contribution is 6.86. The molecule has 162 valence electrons. The van der Waals surface area contributed by atoms with E-state index in [1.807, 2.05) is 0 Å². The minimum Gasteiger partial charge on any atom is -0.353 e. The Labute approximate surface area is 188 Å². The standard InChI is InChI=1S/C24H42B3N3/c1-7-13-19-25-28(22-16-10-4)26(20-14-8-2)30(24-18-12-6)27(21-15-9-3)29(25)23-17-11-5/h7-18H,19-24H2,1-6H3. The highest BCUT2D eigenvalue weighted by Gasteiger charge is 2.49. The van der Waals surface area contributed by atoms with E-state index < -0.39 is 0 Å². The summed E-state index contributed by atoms with van der Waals surface area (Å²) in [6.45, 7) is 16.8. The molecule has 3 nitrogen and oxygen atoms in total. The van der Waals surface area contributed by atoms with Crippen LogP contribution in [0, 0.1) is 0 Å². The van der Waals surface area contributed by atoms with Crippen LogP contribution in [-0.2, 0) is 0 Å². The van der Waals surface area contributed by atoms with Crippen molar-refractivity contribution < 1.29 is 0 Å². The van der Waals surface area contributed by atoms with E-state index in [4.69, 9.17) is 0 Å². The predicted molar refractivity (Wildman–Crippen MR) is 141 cm³/mol. The number of allylic oxidation sites excluding steroid dienone is 9. The van der Waals surface area contributed by atoms with Gasteiger partial charge in [0.05, 0.1) is 0 Å². The summed E-state index contributed by atoms with van der Waals surface area (Å²) in [4.78, 5) is 0. The van der Waals surface area contributed by atoms with Gasteiger partial charge in [-0.2, -0.15) is 0 Å². The maximum atomic E-state index is 2.69. The third-order valence-corrected chi connectivity index (χ3v) is 5.70. The van der Waals surface area contributed by atoms with Crippen LogP contribution in [0.15, 0.2) is 72.9 Å². The predicted octanol–water partition coefficient (Wildman–Crippen LogP) is 5.83. The molecule has 1 fully saturated rings. The summed E-state index contributed by atoms with van der Waals surface area (Å²) >= 11 is 0. The van der Waals surface area contributed by atoms with Crippen LogP contribution in [0.3, 0.4) is 0 Å². The van der Waals surface area contributed by atoms with E-state index in [0.717, 1.165) is 38.6 Å². The Morgan fingerprint density at radius 3 is 0.833 bits per heavy atom. The molecule has 0 bridgehead atoms. The zero-order chi connectivity index (χ0) is 22.2. The number of nitrogens with zero attached hydrogens (tertiary/aromatic N) is 3. The summed E-state index contributed by atoms with van der Waals surface area (Å²) < 4.78 is 8.08. The van der Waals surface area contributed by atoms with Gasteiger partial charge in [-0.15, -0.1) is 0 Å². The van der Waals surface area contributed by atoms with Crippen molar-refractivity contribution in [2.45, 2.75) is 60.5 Å². The minimum atomic E-state index is 0.376. The summed E-state index contributed by atoms with van der Waals surface area (Å²) in [5, 5.41) is 0. The van der Waals surface area contributed by atoms with E-state index >= 15 is 0 Å². The quantitative estimate of drug-likeness (QED) is 0.299. The first-order valence-electron chi connectivity index (χ1n) is 11.6. The van der Waals surface area contributed by atoms with Gasteiger partial charge >= 0.3 is 0 Å². The summed E-state index contributed by atoms with van der Waals surface area (Å²) in [5.41, 5.74) is 0. The first-order chi connectivity index (χ1) is 14.7. The molecule has 1 rings (SSSR count). The summed E-state index contributed by atoms with van der Waals surface area (Å²) in [6, 6.07) is 0. The first-order valence-corrected chi connectivity index (χ1v) is 11.6. The fourth-order valence-electron chi connectivity index (χ4n) is 4.16. The lowest BCUT2D eigenvalue weighted by Gasteiger charge is -2.54. The monoisotopic (exact) mass is 405 g/mol. The zero-order valence-electron chi connectivity index (χ0n) is 20.2. The van der Waals surface area contributed by atoms with Gasteiger partial charge in [-0.3, -0.25) is 0 Å². The van der Waals surface area contributed by atoms with E-state index in [2.05, 4.69) is 129 Å². The molecular formula is C24H42B3N3. The Balaban J connectivity index is 3.53. The van der Waals surface area contributed by atoms with Crippen LogP contribution >= 0.6 is 0 Å². The second-order valence-corrected chi connectivity index (χ2v) is 7.65. The molecule has 1 heterocycles. The van der Waals surface area contributed by atoms with Crippen molar-refractivity contribution in [2.75, 3.05) is 19.6 Å². The van der Waals surface area contributed by atoms with Crippen molar-refractivity contribution in [1.29, 1.82) is 0 Å². The van der Waals surface area contributed by atoms with Crippen LogP contribution in [0.5, 0.6) is 0 Å². The Bertz CT molecular complexity index is 474. The van der Waals surface area contributed by atoms with Crippen LogP contribution in [0.4, 0.5) is 0 Å². The van der Waals surface area contributed by atoms with Crippen LogP contribution in [0.1, 0.15) is 41.5 Å². The molecule has 0 unspecified atom stereocenters. The molecule has 0 aliphatic carbocycles. The van der Waals surface area contributed by atoms with E-state index in [-0.39, 0.29) is 0 Å². The summed E-state index contributed by atoms with van der Waals surface area (Å²) in [7, 11) is 0. The molecular weight excluding hydrogens is 363 g/mol. The van der Waals surface area contributed by atoms with Gasteiger partial charge in [-0.05, 0) is 80.1 Å². The molecule has 0 aromatic rings. The minimum absolute atomic E-state index is 0.376. The molecule has 0 radical (unpaired) electrons. The molecule has 1 saturated heterocycles. The smallest absolute Gasteiger partial charge is 0.294 e. The largest absolute Gasteiger partial charge is 0.353 e. The molecule has 0 aromatic carbocycles. The van der Waals surface area contributed by atoms with Gasteiger partial charge in [-0.25, -0.2) is 0 Å². The fraction of sp³-hybridized carbons (Fsp3) is 0.500. The maximum absolute atomic E-state index is 2.69. The molecule has 6 heteroatoms. The van der Waals surface area contributed by atoms with Gasteiger partial charge in [0.1, 0.15) is 0 Å². The lowest BCUT2D eigenvalue weighted by Crippen LogP contribution is -2.77. The topological polar surface area (TPSA) is 9.72 Å². The van der Waals surface area contributed by atoms with Gasteiger partial charge < -0.3 is 14.2 Å². The molecule has 0 N–H and O–H groups in total. The van der Waals surface area contributed by atoms with Crippen molar-refractivity contribution in [2.24, 2.45) is 0 Å². The zero-order valence-corrected chi connectivity index (χ0v) is 20.2. The van der Waals surface area contributed by atoms with Crippen LogP contribution < -0.4 is 0 Å². The van der Waals surface area contributed by atoms with Gasteiger partial charge in [-0.1, -0.05) is 72.9 Å². The Morgan fingerprint density at radius 1 is 0.400 bits per heavy atom. The van der Waals surface area contributed by atoms with Crippen molar-refractivity contribution >= 4 is 20.9 Å². The van der Waals surface area contributed by atoms with Crippen molar-refractivity contribution in [1.82, 2.24) is 14.2 Å². The third kappa shape index (κ3) is 7.98. The molecule has 0 amide bonds. The molecule has 0 atom stereocenters. The van der Waals surface area contributed by atoms with Crippen molar-refractivity contribution in [3.05, 3.63) is 72.9 Å². The van der Waals surface area contributed by atoms with Crippen molar-refractivity contribution in [3.63, 3.8) is 0 Å². The highest BCUT2D eigenvalue weighted by atomic mass is 15.3. The van der Waals surface area contributed by atoms with Crippen molar-refractivity contribution in [3.8, 4) is 0 Å². The van der Waals surface area contributed by atoms with E-state index in [0.29, 0.717) is 20.9 Å². The summed E-state index contributed by atoms with van der Waals surface area (Å²) in [5.74, 6) is 0. The molecule has 30 heavy (non-hydrogen) atoms. The summed E-state index contributed by atoms with van der Waals surface area (Å²) in [6.07, 6.45) is 30.1. The van der Waals surface area contributed by atoms with Gasteiger partial charge in [0.2, 0.25) is 0 Å². The van der Waals surface area contributed by atoms with E-state index in [1.54, 1.807) is 0 Å². The Morgan fingerprint density at radius 2 is 0.633 bits per heavy atom. The van der Waals surface area contributed by atoms with Gasteiger partial charge in [0, 0.05) is 0 Å². The first kappa shape index (κ1) is 26.5. The molecule has 0 aromatic heterocycles. The lowest BCUT2D eigenvalue weighted by atomic mass is 9.40. The third-order valence-electron chi connectivity index (χ3n) is 5.70. The molecule has 1 aliphatic heterocycles. The molecule has 0 saturated carbocycles. The molecule has 0 spiro atoms. The Hall–Kier alpha value is -1.49. The highest BCUT2D eigenvalue weighted by Crippen LogP contribution is 2.27. The number of hydrogen-bond acceptors (Lipinski definition) is 3. The van der Waals surface area contributed by atoms with Crippen LogP contribution in [0.25, 0.3) is 0 Å². The second kappa shape index (κ2) is 16.2. The van der Waals surface area contributed by atoms with Crippen LogP contribution in [-0.4, -0.2) is 54.7 Å². The number of hydrogen-bond donors (Lipinski definition) is 0. The average molecular weight is 405 g/mol. The van der Waals surface area contributed by atoms with Gasteiger partial charge in [0.15, 0.2) is 0 Å². The van der Waals surface area contributed by atoms with E-state index in [9.17, 15) is 0 Å². The van der Waals surface area contributed by atoms with Crippen LogP contribution in [0.2, 0.25) is 19.0 Å². The fourth-order valence-corrected chi connectivity index (χ4v) is 4.16. The molecule has 1 aliphatic rings. The Kier molecular flexibility index (Phi) is 14.4. The van der Waals surface area contributed by atoms with E-state index in [1.165, 1.54) is 0 Å². The average Bonchev–Trinajstić information content (AvgIpc) is 2.76. The normalized spacial score (nSPS) is 18.4.